The molecule has 0 unspecified atom stereocenters. The molecule has 0 bridgehead atoms. The molecule has 1 aliphatic heterocycles. The normalized spacial score (nSPS) is 22.2. The van der Waals surface area contributed by atoms with Crippen LogP contribution in [0.4, 0.5) is 13.6 Å². The van der Waals surface area contributed by atoms with Crippen molar-refractivity contribution in [1.29, 1.82) is 0 Å². The van der Waals surface area contributed by atoms with Gasteiger partial charge in [-0.1, -0.05) is 23.2 Å². The van der Waals surface area contributed by atoms with Gasteiger partial charge in [0.1, 0.15) is 11.8 Å². The molecule has 0 spiro atoms. The Morgan fingerprint density at radius 2 is 2.11 bits per heavy atom. The Morgan fingerprint density at radius 1 is 1.44 bits per heavy atom. The highest BCUT2D eigenvalue weighted by Gasteiger charge is 2.48. The van der Waals surface area contributed by atoms with E-state index in [1.54, 1.807) is 0 Å². The lowest BCUT2D eigenvalue weighted by Gasteiger charge is -2.32. The largest absolute Gasteiger partial charge is 0.506 e. The number of phenolic OH excluding ortho intramolecular Hbond substituents is 1. The molecule has 0 aliphatic carbocycles. The van der Waals surface area contributed by atoms with Crippen LogP contribution in [0.1, 0.15) is 11.6 Å². The Morgan fingerprint density at radius 3 is 2.78 bits per heavy atom. The molecule has 1 aromatic carbocycles. The fraction of sp³-hybridized carbons (Fsp3) is 0.300. The summed E-state index contributed by atoms with van der Waals surface area (Å²) in [6.45, 7) is -1.08. The van der Waals surface area contributed by atoms with Crippen LogP contribution in [0.2, 0.25) is 10.0 Å². The monoisotopic (exact) mass is 297 g/mol. The predicted octanol–water partition coefficient (Wildman–Crippen LogP) is 3.12. The number of hydrogen-bond donors (Lipinski definition) is 2. The van der Waals surface area contributed by atoms with Gasteiger partial charge in [0.25, 0.3) is 0 Å². The highest BCUT2D eigenvalue weighted by Crippen LogP contribution is 2.42. The van der Waals surface area contributed by atoms with Gasteiger partial charge in [-0.3, -0.25) is 0 Å². The quantitative estimate of drug-likeness (QED) is 0.837. The second-order valence-corrected chi connectivity index (χ2v) is 4.58. The maximum Gasteiger partial charge on any atom is 0.408 e. The molecule has 4 nitrogen and oxygen atoms in total. The number of alkyl halides is 2. The molecule has 1 amide bonds. The first-order valence-corrected chi connectivity index (χ1v) is 5.56. The number of nitrogens with one attached hydrogen (secondary N) is 1. The van der Waals surface area contributed by atoms with E-state index in [-0.39, 0.29) is 15.6 Å². The average Bonchev–Trinajstić information content (AvgIpc) is 2.27. The third-order valence-corrected chi connectivity index (χ3v) is 2.96. The molecule has 1 saturated heterocycles. The summed E-state index contributed by atoms with van der Waals surface area (Å²) in [5, 5.41) is 11.5. The number of benzene rings is 1. The zero-order valence-corrected chi connectivity index (χ0v) is 10.2. The summed E-state index contributed by atoms with van der Waals surface area (Å²) in [6, 6.07) is 0.587. The topological polar surface area (TPSA) is 58.6 Å². The van der Waals surface area contributed by atoms with Crippen molar-refractivity contribution in [3.05, 3.63) is 27.7 Å². The van der Waals surface area contributed by atoms with Crippen molar-refractivity contribution < 1.29 is 23.4 Å². The number of halogens is 4. The maximum atomic E-state index is 13.6. The molecule has 1 aliphatic rings. The van der Waals surface area contributed by atoms with E-state index in [4.69, 9.17) is 23.2 Å². The first kappa shape index (κ1) is 13.2. The van der Waals surface area contributed by atoms with E-state index in [1.807, 2.05) is 5.32 Å². The van der Waals surface area contributed by atoms with E-state index < -0.39 is 30.4 Å². The van der Waals surface area contributed by atoms with Crippen LogP contribution in [-0.4, -0.2) is 23.7 Å². The van der Waals surface area contributed by atoms with E-state index in [0.717, 1.165) is 6.07 Å². The number of alkyl carbamates (subject to hydrolysis) is 1. The first-order chi connectivity index (χ1) is 8.31. The zero-order valence-electron chi connectivity index (χ0n) is 8.71. The highest BCUT2D eigenvalue weighted by atomic mass is 35.5. The fourth-order valence-corrected chi connectivity index (χ4v) is 2.13. The van der Waals surface area contributed by atoms with Crippen molar-refractivity contribution in [3.8, 4) is 5.75 Å². The number of amides is 1. The number of carbonyl (C=O) groups excluding carboxylic acids is 1. The fourth-order valence-electron chi connectivity index (χ4n) is 1.62. The van der Waals surface area contributed by atoms with Crippen molar-refractivity contribution in [1.82, 2.24) is 5.32 Å². The van der Waals surface area contributed by atoms with Crippen molar-refractivity contribution in [2.75, 3.05) is 6.61 Å². The lowest BCUT2D eigenvalue weighted by atomic mass is 9.99. The third-order valence-electron chi connectivity index (χ3n) is 2.45. The number of aromatic hydroxyl groups is 1. The minimum absolute atomic E-state index is 0.0735. The third kappa shape index (κ3) is 2.30. The van der Waals surface area contributed by atoms with E-state index in [9.17, 15) is 18.7 Å². The summed E-state index contributed by atoms with van der Waals surface area (Å²) in [6.07, 6.45) is -0.999. The number of ether oxygens (including phenoxy) is 1. The van der Waals surface area contributed by atoms with Gasteiger partial charge >= 0.3 is 12.0 Å². The van der Waals surface area contributed by atoms with E-state index >= 15 is 0 Å². The van der Waals surface area contributed by atoms with Crippen molar-refractivity contribution in [2.45, 2.75) is 12.0 Å². The molecule has 2 rings (SSSR count). The molecular weight excluding hydrogens is 291 g/mol. The van der Waals surface area contributed by atoms with Crippen LogP contribution >= 0.6 is 23.2 Å². The van der Waals surface area contributed by atoms with Gasteiger partial charge in [0, 0.05) is 10.6 Å². The molecule has 1 fully saturated rings. The van der Waals surface area contributed by atoms with Crippen LogP contribution in [0.15, 0.2) is 12.1 Å². The van der Waals surface area contributed by atoms with Crippen molar-refractivity contribution in [3.63, 3.8) is 0 Å². The number of phenols is 1. The smallest absolute Gasteiger partial charge is 0.408 e. The Balaban J connectivity index is 2.49. The lowest BCUT2D eigenvalue weighted by molar-refractivity contribution is -0.104. The number of carbonyl (C=O) groups is 1. The standard InChI is InChI=1S/C10H7Cl2F2NO3/c11-4-1-5(7(16)6(12)2-4)8-10(13,14)3-18-9(17)15-8/h1-2,8,16H,3H2,(H,15,17)/t8-/m0/s1. The van der Waals surface area contributed by atoms with Crippen molar-refractivity contribution >= 4 is 29.3 Å². The maximum absolute atomic E-state index is 13.6. The molecule has 2 N–H and O–H groups in total. The van der Waals surface area contributed by atoms with Crippen LogP contribution < -0.4 is 5.32 Å². The van der Waals surface area contributed by atoms with Crippen LogP contribution in [0.5, 0.6) is 5.75 Å². The van der Waals surface area contributed by atoms with Crippen LogP contribution in [0.25, 0.3) is 0 Å². The van der Waals surface area contributed by atoms with Gasteiger partial charge < -0.3 is 15.2 Å². The Hall–Kier alpha value is -1.27. The van der Waals surface area contributed by atoms with E-state index in [2.05, 4.69) is 4.74 Å². The zero-order chi connectivity index (χ0) is 13.5. The molecule has 1 heterocycles. The Bertz CT molecular complexity index is 510. The van der Waals surface area contributed by atoms with Crippen LogP contribution in [0, 0.1) is 0 Å². The predicted molar refractivity (Wildman–Crippen MR) is 60.3 cm³/mol. The van der Waals surface area contributed by atoms with Crippen LogP contribution in [0.3, 0.4) is 0 Å². The molecule has 8 heteroatoms. The second kappa shape index (κ2) is 4.44. The van der Waals surface area contributed by atoms with Gasteiger partial charge in [0.15, 0.2) is 6.61 Å². The molecule has 1 aromatic rings. The minimum Gasteiger partial charge on any atom is -0.506 e. The second-order valence-electron chi connectivity index (χ2n) is 3.74. The van der Waals surface area contributed by atoms with Gasteiger partial charge in [-0.15, -0.1) is 0 Å². The molecule has 98 valence electrons. The molecular formula is C10H7Cl2F2NO3. The molecule has 0 radical (unpaired) electrons. The van der Waals surface area contributed by atoms with Gasteiger partial charge in [0.2, 0.25) is 0 Å². The minimum atomic E-state index is -3.38. The summed E-state index contributed by atoms with van der Waals surface area (Å²) < 4.78 is 31.5. The van der Waals surface area contributed by atoms with Gasteiger partial charge in [-0.25, -0.2) is 13.6 Å². The van der Waals surface area contributed by atoms with Gasteiger partial charge in [-0.2, -0.15) is 0 Å². The molecule has 0 aromatic heterocycles. The van der Waals surface area contributed by atoms with E-state index in [1.165, 1.54) is 6.07 Å². The first-order valence-electron chi connectivity index (χ1n) is 4.80. The summed E-state index contributed by atoms with van der Waals surface area (Å²) in [4.78, 5) is 11.0. The number of rotatable bonds is 1. The van der Waals surface area contributed by atoms with Gasteiger partial charge in [-0.05, 0) is 12.1 Å². The SMILES string of the molecule is O=C1N[C@@H](c2cc(Cl)cc(Cl)c2O)C(F)(F)CO1. The summed E-state index contributed by atoms with van der Waals surface area (Å²) >= 11 is 11.3. The molecule has 0 saturated carbocycles. The molecule has 1 atom stereocenters. The highest BCUT2D eigenvalue weighted by molar-refractivity contribution is 6.35. The molecule has 18 heavy (non-hydrogen) atoms. The van der Waals surface area contributed by atoms with Gasteiger partial charge in [0.05, 0.1) is 5.02 Å². The summed E-state index contributed by atoms with van der Waals surface area (Å²) in [5.74, 6) is -3.92. The number of cyclic esters (lactones) is 1. The van der Waals surface area contributed by atoms with Crippen LogP contribution in [-0.2, 0) is 4.74 Å². The number of hydrogen-bond acceptors (Lipinski definition) is 3. The lowest BCUT2D eigenvalue weighted by Crippen LogP contribution is -2.49. The summed E-state index contributed by atoms with van der Waals surface area (Å²) in [7, 11) is 0. The van der Waals surface area contributed by atoms with Crippen molar-refractivity contribution in [2.24, 2.45) is 0 Å². The Kier molecular flexibility index (Phi) is 3.25. The van der Waals surface area contributed by atoms with E-state index in [0.29, 0.717) is 0 Å². The average molecular weight is 298 g/mol. The Labute approximate surface area is 110 Å². The summed E-state index contributed by atoms with van der Waals surface area (Å²) in [5.41, 5.74) is -0.255.